The Balaban J connectivity index is 6.36. The van der Waals surface area contributed by atoms with Gasteiger partial charge in [-0.05, 0) is 12.1 Å². The normalized spacial score (nSPS) is 15.3. The van der Waals surface area contributed by atoms with Crippen LogP contribution in [-0.2, 0) is 0 Å². The highest BCUT2D eigenvalue weighted by Gasteiger charge is 2.65. The molecule has 0 rings (SSSR count). The first kappa shape index (κ1) is 24.8. The number of hydrogen-bond acceptors (Lipinski definition) is 0. The second-order valence-electron chi connectivity index (χ2n) is 11.3. The van der Waals surface area contributed by atoms with Crippen LogP contribution in [0.5, 0.6) is 0 Å². The van der Waals surface area contributed by atoms with Crippen LogP contribution in [0.3, 0.4) is 0 Å². The van der Waals surface area contributed by atoms with Crippen LogP contribution >= 0.6 is 0 Å². The van der Waals surface area contributed by atoms with Gasteiger partial charge in [-0.1, -0.05) is 90.7 Å². The highest BCUT2D eigenvalue weighted by atomic mass is 30.0. The summed E-state index contributed by atoms with van der Waals surface area (Å²) in [5.41, 5.74) is 0. The highest BCUT2D eigenvalue weighted by molar-refractivity contribution is 7.97. The maximum atomic E-state index is 4.14. The second kappa shape index (κ2) is 7.42. The molecule has 0 aliphatic carbocycles. The molecule has 0 aliphatic rings. The van der Waals surface area contributed by atoms with Crippen LogP contribution in [0.25, 0.3) is 0 Å². The van der Waals surface area contributed by atoms with E-state index in [0.717, 1.165) is 0 Å². The summed E-state index contributed by atoms with van der Waals surface area (Å²) in [5, 5.41) is 0. The Kier molecular flexibility index (Phi) is 7.66. The van der Waals surface area contributed by atoms with Gasteiger partial charge in [0, 0.05) is 43.6 Å². The third-order valence-electron chi connectivity index (χ3n) is 9.26. The molecule has 0 aromatic carbocycles. The van der Waals surface area contributed by atoms with Crippen LogP contribution in [0.15, 0.2) is 25.3 Å². The summed E-state index contributed by atoms with van der Waals surface area (Å²) in [7, 11) is -7.35. The lowest BCUT2D eigenvalue weighted by molar-refractivity contribution is 1.47. The summed E-state index contributed by atoms with van der Waals surface area (Å²) in [4.78, 5) is 0. The van der Waals surface area contributed by atoms with Gasteiger partial charge in [-0.25, -0.2) is 0 Å². The predicted molar refractivity (Wildman–Crippen MR) is 135 cm³/mol. The fourth-order valence-electron chi connectivity index (χ4n) is 4.49. The standard InChI is InChI=1S/C18H46Si6/c1-15-17-24(14,18-16-2)23(12,13)22(10,11)21(8,9)20(6,7)19(3,4)5/h15-16H,1-2,17-18H2,3-14H3. The van der Waals surface area contributed by atoms with E-state index in [0.29, 0.717) is 0 Å². The molecule has 0 spiro atoms. The molecule has 0 bridgehead atoms. The summed E-state index contributed by atoms with van der Waals surface area (Å²) >= 11 is 0. The van der Waals surface area contributed by atoms with E-state index in [9.17, 15) is 0 Å². The van der Waals surface area contributed by atoms with Crippen molar-refractivity contribution < 1.29 is 0 Å². The van der Waals surface area contributed by atoms with Gasteiger partial charge < -0.3 is 0 Å². The smallest absolute Gasteiger partial charge is 0.0488 e. The Hall–Kier alpha value is 0.781. The maximum Gasteiger partial charge on any atom is 0.0488 e. The maximum absolute atomic E-state index is 4.14. The van der Waals surface area contributed by atoms with Crippen molar-refractivity contribution in [3.8, 4) is 0 Å². The molecule has 0 heterocycles. The molecule has 0 amide bonds. The molecule has 0 radical (unpaired) electrons. The van der Waals surface area contributed by atoms with E-state index in [1.807, 2.05) is 0 Å². The molecular weight excluding hydrogens is 385 g/mol. The number of rotatable bonds is 9. The molecule has 0 fully saturated rings. The summed E-state index contributed by atoms with van der Waals surface area (Å²) in [6, 6.07) is 2.60. The Bertz CT molecular complexity index is 458. The van der Waals surface area contributed by atoms with Crippen LogP contribution in [0.1, 0.15) is 0 Å². The molecule has 0 saturated carbocycles. The van der Waals surface area contributed by atoms with E-state index < -0.39 is 43.6 Å². The SMILES string of the molecule is C=CC[Si](C)(CC=C)[Si](C)(C)[Si](C)(C)[Si](C)(C)[Si](C)(C)[Si](C)(C)C. The van der Waals surface area contributed by atoms with Gasteiger partial charge >= 0.3 is 0 Å². The van der Waals surface area contributed by atoms with Crippen molar-refractivity contribution >= 4 is 43.6 Å². The average Bonchev–Trinajstić information content (AvgIpc) is 2.36. The van der Waals surface area contributed by atoms with Crippen molar-refractivity contribution in [2.75, 3.05) is 0 Å². The van der Waals surface area contributed by atoms with Crippen molar-refractivity contribution in [3.05, 3.63) is 25.3 Å². The number of allylic oxidation sites excluding steroid dienone is 2. The van der Waals surface area contributed by atoms with Crippen molar-refractivity contribution in [2.45, 2.75) is 90.7 Å². The lowest BCUT2D eigenvalue weighted by Crippen LogP contribution is -2.88. The van der Waals surface area contributed by atoms with E-state index in [1.54, 1.807) is 0 Å². The summed E-state index contributed by atoms with van der Waals surface area (Å²) in [5.74, 6) is 0. The summed E-state index contributed by atoms with van der Waals surface area (Å²) in [6.07, 6.45) is 4.48. The van der Waals surface area contributed by atoms with Crippen LogP contribution in [0.2, 0.25) is 90.7 Å². The fourth-order valence-corrected chi connectivity index (χ4v) is 156. The van der Waals surface area contributed by atoms with Crippen LogP contribution in [-0.4, -0.2) is 43.6 Å². The van der Waals surface area contributed by atoms with Crippen molar-refractivity contribution in [2.24, 2.45) is 0 Å². The monoisotopic (exact) mass is 430 g/mol. The zero-order chi connectivity index (χ0) is 19.8. The first-order valence-electron chi connectivity index (χ1n) is 9.59. The zero-order valence-corrected chi connectivity index (χ0v) is 25.0. The molecule has 0 N–H and O–H groups in total. The number of hydrogen-bond donors (Lipinski definition) is 0. The van der Waals surface area contributed by atoms with Crippen LogP contribution in [0.4, 0.5) is 0 Å². The molecule has 0 saturated heterocycles. The summed E-state index contributed by atoms with van der Waals surface area (Å²) < 4.78 is 0. The van der Waals surface area contributed by atoms with E-state index in [1.165, 1.54) is 12.1 Å². The van der Waals surface area contributed by atoms with E-state index in [-0.39, 0.29) is 0 Å². The van der Waals surface area contributed by atoms with Gasteiger partial charge in [0.2, 0.25) is 0 Å². The molecule has 0 aromatic heterocycles. The molecule has 142 valence electrons. The minimum atomic E-state index is -1.32. The molecule has 6 heteroatoms. The van der Waals surface area contributed by atoms with Crippen molar-refractivity contribution in [1.29, 1.82) is 0 Å². The first-order valence-corrected chi connectivity index (χ1v) is 33.0. The highest BCUT2D eigenvalue weighted by Crippen LogP contribution is 2.44. The molecule has 0 aromatic rings. The molecule has 0 nitrogen and oxygen atoms in total. The van der Waals surface area contributed by atoms with Gasteiger partial charge in [0.1, 0.15) is 0 Å². The Morgan fingerprint density at radius 3 is 1.04 bits per heavy atom. The lowest BCUT2D eigenvalue weighted by Gasteiger charge is -2.62. The summed E-state index contributed by atoms with van der Waals surface area (Å²) in [6.45, 7) is 41.4. The second-order valence-corrected chi connectivity index (χ2v) is 76.9. The third-order valence-corrected chi connectivity index (χ3v) is 130. The third kappa shape index (κ3) is 3.74. The van der Waals surface area contributed by atoms with Crippen molar-refractivity contribution in [1.82, 2.24) is 0 Å². The molecular formula is C18H46Si6. The Morgan fingerprint density at radius 2 is 0.792 bits per heavy atom. The van der Waals surface area contributed by atoms with Gasteiger partial charge in [-0.15, -0.1) is 13.2 Å². The van der Waals surface area contributed by atoms with E-state index >= 15 is 0 Å². The zero-order valence-electron chi connectivity index (χ0n) is 19.0. The van der Waals surface area contributed by atoms with Crippen LogP contribution in [0, 0.1) is 0 Å². The minimum Gasteiger partial charge on any atom is -0.103 e. The van der Waals surface area contributed by atoms with Gasteiger partial charge in [-0.3, -0.25) is 0 Å². The van der Waals surface area contributed by atoms with Gasteiger partial charge in [0.15, 0.2) is 0 Å². The first-order chi connectivity index (χ1) is 10.4. The topological polar surface area (TPSA) is 0 Å². The molecule has 0 unspecified atom stereocenters. The van der Waals surface area contributed by atoms with Crippen LogP contribution < -0.4 is 0 Å². The van der Waals surface area contributed by atoms with E-state index in [4.69, 9.17) is 0 Å². The van der Waals surface area contributed by atoms with Gasteiger partial charge in [0.25, 0.3) is 0 Å². The molecule has 0 aliphatic heterocycles. The molecule has 24 heavy (non-hydrogen) atoms. The quantitative estimate of drug-likeness (QED) is 0.273. The average molecular weight is 431 g/mol. The Morgan fingerprint density at radius 1 is 0.500 bits per heavy atom. The molecule has 0 atom stereocenters. The van der Waals surface area contributed by atoms with E-state index in [2.05, 4.69) is 104 Å². The predicted octanol–water partition coefficient (Wildman–Crippen LogP) is 7.00. The van der Waals surface area contributed by atoms with Crippen molar-refractivity contribution in [3.63, 3.8) is 0 Å². The van der Waals surface area contributed by atoms with Gasteiger partial charge in [-0.2, -0.15) is 0 Å². The minimum absolute atomic E-state index is 1.07. The largest absolute Gasteiger partial charge is 0.103 e. The fraction of sp³-hybridized carbons (Fsp3) is 0.778. The Labute approximate surface area is 159 Å². The van der Waals surface area contributed by atoms with Gasteiger partial charge in [0.05, 0.1) is 0 Å². The lowest BCUT2D eigenvalue weighted by atomic mass is 10.7.